The van der Waals surface area contributed by atoms with E-state index in [1.54, 1.807) is 47.2 Å². The Balaban J connectivity index is 1.78. The number of para-hydroxylation sites is 1. The Bertz CT molecular complexity index is 1730. The van der Waals surface area contributed by atoms with Crippen LogP contribution in [0.4, 0.5) is 5.82 Å². The standard InChI is InChI=1S/C30H23N3O4/c1-29(2,3)33-15-17(14-31)23-27(33)32-28(37)24(25(35)18-10-4-5-13-21(18)34)30(23)20-12-7-9-16-8-6-11-19(22(16)20)26(30)36/h4-13,15,24,34H,1-3H3,(H,32,37). The van der Waals surface area contributed by atoms with Crippen LogP contribution in [0.2, 0.25) is 0 Å². The largest absolute Gasteiger partial charge is 0.507 e. The summed E-state index contributed by atoms with van der Waals surface area (Å²) >= 11 is 0. The van der Waals surface area contributed by atoms with E-state index in [0.717, 1.165) is 5.39 Å². The summed E-state index contributed by atoms with van der Waals surface area (Å²) in [5.41, 5.74) is -0.944. The highest BCUT2D eigenvalue weighted by molar-refractivity contribution is 6.30. The quantitative estimate of drug-likeness (QED) is 0.307. The maximum atomic E-state index is 14.6. The third kappa shape index (κ3) is 2.78. The van der Waals surface area contributed by atoms with E-state index in [4.69, 9.17) is 0 Å². The molecule has 0 saturated carbocycles. The Kier molecular flexibility index (Phi) is 4.55. The molecule has 1 amide bonds. The van der Waals surface area contributed by atoms with Crippen LogP contribution < -0.4 is 5.32 Å². The van der Waals surface area contributed by atoms with Crippen molar-refractivity contribution in [3.05, 3.63) is 94.7 Å². The molecule has 2 unspecified atom stereocenters. The number of amides is 1. The second-order valence-electron chi connectivity index (χ2n) is 10.6. The highest BCUT2D eigenvalue weighted by Crippen LogP contribution is 2.57. The number of phenols is 1. The lowest BCUT2D eigenvalue weighted by Crippen LogP contribution is -2.54. The lowest BCUT2D eigenvalue weighted by Gasteiger charge is -2.41. The Morgan fingerprint density at radius 2 is 1.76 bits per heavy atom. The number of phenolic OH excluding ortho intramolecular Hbond substituents is 1. The molecule has 1 aromatic heterocycles. The van der Waals surface area contributed by atoms with Crippen LogP contribution in [0.1, 0.15) is 58.2 Å². The second-order valence-corrected chi connectivity index (χ2v) is 10.6. The first-order chi connectivity index (χ1) is 17.6. The average Bonchev–Trinajstić information content (AvgIpc) is 3.36. The summed E-state index contributed by atoms with van der Waals surface area (Å²) in [6.07, 6.45) is 1.63. The maximum absolute atomic E-state index is 14.6. The van der Waals surface area contributed by atoms with Gasteiger partial charge in [0, 0.05) is 22.9 Å². The fraction of sp³-hybridized carbons (Fsp3) is 0.200. The number of aromatic nitrogens is 1. The molecule has 1 spiro atoms. The second kappa shape index (κ2) is 7.40. The zero-order valence-electron chi connectivity index (χ0n) is 20.5. The van der Waals surface area contributed by atoms with Gasteiger partial charge in [-0.05, 0) is 49.2 Å². The molecular weight excluding hydrogens is 466 g/mol. The molecule has 4 aromatic rings. The zero-order valence-corrected chi connectivity index (χ0v) is 20.5. The van der Waals surface area contributed by atoms with E-state index in [1.165, 1.54) is 12.1 Å². The number of carbonyl (C=O) groups excluding carboxylic acids is 3. The van der Waals surface area contributed by atoms with Crippen LogP contribution in [0.25, 0.3) is 10.8 Å². The Labute approximate surface area is 213 Å². The van der Waals surface area contributed by atoms with Gasteiger partial charge in [-0.15, -0.1) is 0 Å². The van der Waals surface area contributed by atoms with Crippen LogP contribution in [0, 0.1) is 17.2 Å². The molecule has 6 rings (SSSR count). The summed E-state index contributed by atoms with van der Waals surface area (Å²) in [4.78, 5) is 42.7. The summed E-state index contributed by atoms with van der Waals surface area (Å²) < 4.78 is 1.78. The third-order valence-corrected chi connectivity index (χ3v) is 7.54. The Morgan fingerprint density at radius 3 is 2.43 bits per heavy atom. The fourth-order valence-corrected chi connectivity index (χ4v) is 6.05. The number of carbonyl (C=O) groups is 3. The monoisotopic (exact) mass is 489 g/mol. The summed E-state index contributed by atoms with van der Waals surface area (Å²) in [6.45, 7) is 5.79. The normalized spacial score (nSPS) is 20.1. The third-order valence-electron chi connectivity index (χ3n) is 7.54. The number of nitrogens with one attached hydrogen (secondary N) is 1. The highest BCUT2D eigenvalue weighted by Gasteiger charge is 2.63. The SMILES string of the molecule is CC(C)(C)n1cc(C#N)c2c1NC(=O)C(C(=O)c1ccccc1O)C21C(=O)c2cccc3cccc1c23. The van der Waals surface area contributed by atoms with Crippen molar-refractivity contribution in [3.63, 3.8) is 0 Å². The molecule has 1 aliphatic carbocycles. The van der Waals surface area contributed by atoms with E-state index >= 15 is 0 Å². The van der Waals surface area contributed by atoms with Gasteiger partial charge in [0.2, 0.25) is 5.91 Å². The number of Topliss-reactive ketones (excluding diaryl/α,β-unsaturated/α-hetero) is 2. The van der Waals surface area contributed by atoms with E-state index in [1.807, 2.05) is 32.9 Å². The number of hydrogen-bond donors (Lipinski definition) is 2. The maximum Gasteiger partial charge on any atom is 0.238 e. The molecule has 0 bridgehead atoms. The summed E-state index contributed by atoms with van der Waals surface area (Å²) in [5.74, 6) is -3.25. The Hall–Kier alpha value is -4.70. The van der Waals surface area contributed by atoms with E-state index in [9.17, 15) is 24.8 Å². The molecule has 182 valence electrons. The van der Waals surface area contributed by atoms with Crippen molar-refractivity contribution >= 4 is 34.1 Å². The van der Waals surface area contributed by atoms with Gasteiger partial charge < -0.3 is 15.0 Å². The van der Waals surface area contributed by atoms with Crippen LogP contribution in [0.5, 0.6) is 5.75 Å². The van der Waals surface area contributed by atoms with Gasteiger partial charge in [-0.3, -0.25) is 14.4 Å². The van der Waals surface area contributed by atoms with Gasteiger partial charge in [-0.2, -0.15) is 5.26 Å². The molecule has 2 N–H and O–H groups in total. The minimum absolute atomic E-state index is 0.0600. The van der Waals surface area contributed by atoms with Gasteiger partial charge in [0.25, 0.3) is 0 Å². The van der Waals surface area contributed by atoms with Gasteiger partial charge in [-0.25, -0.2) is 0 Å². The lowest BCUT2D eigenvalue weighted by atomic mass is 9.60. The summed E-state index contributed by atoms with van der Waals surface area (Å²) in [7, 11) is 0. The molecule has 0 saturated heterocycles. The number of aromatic hydroxyl groups is 1. The number of nitriles is 1. The molecule has 3 aromatic carbocycles. The number of fused-ring (bicyclic) bond motifs is 3. The van der Waals surface area contributed by atoms with Gasteiger partial charge >= 0.3 is 0 Å². The van der Waals surface area contributed by atoms with Gasteiger partial charge in [0.05, 0.1) is 11.1 Å². The number of hydrogen-bond acceptors (Lipinski definition) is 5. The molecular formula is C30H23N3O4. The molecule has 0 radical (unpaired) electrons. The fourth-order valence-electron chi connectivity index (χ4n) is 6.05. The Morgan fingerprint density at radius 1 is 1.05 bits per heavy atom. The van der Waals surface area contributed by atoms with Crippen molar-refractivity contribution in [2.24, 2.45) is 5.92 Å². The van der Waals surface area contributed by atoms with Crippen LogP contribution in [0.3, 0.4) is 0 Å². The first-order valence-corrected chi connectivity index (χ1v) is 12.0. The first kappa shape index (κ1) is 22.7. The van der Waals surface area contributed by atoms with E-state index < -0.39 is 34.3 Å². The number of anilines is 1. The van der Waals surface area contributed by atoms with Crippen molar-refractivity contribution < 1.29 is 19.5 Å². The van der Waals surface area contributed by atoms with E-state index in [0.29, 0.717) is 27.9 Å². The van der Waals surface area contributed by atoms with E-state index in [-0.39, 0.29) is 16.9 Å². The van der Waals surface area contributed by atoms with Gasteiger partial charge in [0.15, 0.2) is 11.6 Å². The van der Waals surface area contributed by atoms with Crippen molar-refractivity contribution in [2.45, 2.75) is 31.7 Å². The molecule has 2 heterocycles. The molecule has 2 aliphatic rings. The van der Waals surface area contributed by atoms with Crippen LogP contribution in [-0.4, -0.2) is 27.1 Å². The summed E-state index contributed by atoms with van der Waals surface area (Å²) in [6, 6.07) is 19.0. The minimum atomic E-state index is -1.78. The van der Waals surface area contributed by atoms with E-state index in [2.05, 4.69) is 11.4 Å². The van der Waals surface area contributed by atoms with Gasteiger partial charge in [-0.1, -0.05) is 48.5 Å². The van der Waals surface area contributed by atoms with Crippen LogP contribution >= 0.6 is 0 Å². The lowest BCUT2D eigenvalue weighted by molar-refractivity contribution is -0.120. The molecule has 0 fully saturated rings. The smallest absolute Gasteiger partial charge is 0.238 e. The van der Waals surface area contributed by atoms with Gasteiger partial charge in [0.1, 0.15) is 29.0 Å². The predicted molar refractivity (Wildman–Crippen MR) is 138 cm³/mol. The number of benzene rings is 3. The zero-order chi connectivity index (χ0) is 26.3. The number of rotatable bonds is 2. The van der Waals surface area contributed by atoms with Crippen molar-refractivity contribution in [1.29, 1.82) is 5.26 Å². The molecule has 7 nitrogen and oxygen atoms in total. The molecule has 1 aliphatic heterocycles. The van der Waals surface area contributed by atoms with Crippen LogP contribution in [0.15, 0.2) is 66.9 Å². The highest BCUT2D eigenvalue weighted by atomic mass is 16.3. The average molecular weight is 490 g/mol. The first-order valence-electron chi connectivity index (χ1n) is 12.0. The minimum Gasteiger partial charge on any atom is -0.507 e. The van der Waals surface area contributed by atoms with Crippen molar-refractivity contribution in [3.8, 4) is 11.8 Å². The van der Waals surface area contributed by atoms with Crippen LogP contribution in [-0.2, 0) is 15.7 Å². The topological polar surface area (TPSA) is 112 Å². The number of nitrogens with zero attached hydrogens (tertiary/aromatic N) is 2. The molecule has 37 heavy (non-hydrogen) atoms. The van der Waals surface area contributed by atoms with Crippen molar-refractivity contribution in [1.82, 2.24) is 4.57 Å². The number of ketones is 2. The predicted octanol–water partition coefficient (Wildman–Crippen LogP) is 4.91. The molecule has 7 heteroatoms. The molecule has 2 atom stereocenters. The van der Waals surface area contributed by atoms with Crippen molar-refractivity contribution in [2.75, 3.05) is 5.32 Å². The summed E-state index contributed by atoms with van der Waals surface area (Å²) in [5, 5.41) is 25.1.